The number of tetrazole rings is 1. The third-order valence-corrected chi connectivity index (χ3v) is 5.55. The van der Waals surface area contributed by atoms with Crippen molar-refractivity contribution in [3.63, 3.8) is 0 Å². The smallest absolute Gasteiger partial charge is 0.221 e. The van der Waals surface area contributed by atoms with Gasteiger partial charge in [0.15, 0.2) is 0 Å². The van der Waals surface area contributed by atoms with Crippen LogP contribution in [0.15, 0.2) is 42.5 Å². The Morgan fingerprint density at radius 3 is 2.76 bits per heavy atom. The van der Waals surface area contributed by atoms with Crippen LogP contribution >= 0.6 is 12.2 Å². The molecular formula is C20H22FN5O2S. The van der Waals surface area contributed by atoms with Crippen LogP contribution in [-0.4, -0.2) is 45.5 Å². The van der Waals surface area contributed by atoms with Crippen LogP contribution < -0.4 is 9.47 Å². The Kier molecular flexibility index (Phi) is 5.59. The van der Waals surface area contributed by atoms with E-state index in [4.69, 9.17) is 21.7 Å². The predicted molar refractivity (Wildman–Crippen MR) is 108 cm³/mol. The van der Waals surface area contributed by atoms with E-state index in [0.717, 1.165) is 36.4 Å². The number of hydrogen-bond acceptors (Lipinski definition) is 6. The number of hydrogen-bond donors (Lipinski definition) is 0. The minimum absolute atomic E-state index is 0.178. The normalized spacial score (nSPS) is 16.9. The van der Waals surface area contributed by atoms with Crippen molar-refractivity contribution < 1.29 is 13.9 Å². The van der Waals surface area contributed by atoms with E-state index in [1.807, 2.05) is 18.2 Å². The monoisotopic (exact) mass is 415 g/mol. The van der Waals surface area contributed by atoms with Gasteiger partial charge >= 0.3 is 0 Å². The zero-order valence-corrected chi connectivity index (χ0v) is 17.1. The molecule has 0 bridgehead atoms. The quantitative estimate of drug-likeness (QED) is 0.572. The Morgan fingerprint density at radius 2 is 2.00 bits per heavy atom. The van der Waals surface area contributed by atoms with Gasteiger partial charge in [0.1, 0.15) is 17.3 Å². The average Bonchev–Trinajstić information content (AvgIpc) is 3.34. The number of likely N-dealkylation sites (tertiary alicyclic amines) is 1. The molecule has 0 radical (unpaired) electrons. The number of methoxy groups -OCH3 is 2. The second-order valence-electron chi connectivity index (χ2n) is 6.87. The van der Waals surface area contributed by atoms with Crippen molar-refractivity contribution in [1.29, 1.82) is 0 Å². The van der Waals surface area contributed by atoms with Crippen LogP contribution in [0.1, 0.15) is 24.4 Å². The zero-order chi connectivity index (χ0) is 20.4. The summed E-state index contributed by atoms with van der Waals surface area (Å²) in [5, 5.41) is 8.31. The second kappa shape index (κ2) is 8.30. The average molecular weight is 415 g/mol. The molecule has 1 atom stereocenters. The molecule has 1 aromatic heterocycles. The summed E-state index contributed by atoms with van der Waals surface area (Å²) in [7, 11) is 3.30. The van der Waals surface area contributed by atoms with E-state index in [-0.39, 0.29) is 11.9 Å². The summed E-state index contributed by atoms with van der Waals surface area (Å²) in [4.78, 5) is 2.30. The molecule has 0 amide bonds. The molecule has 4 rings (SSSR count). The summed E-state index contributed by atoms with van der Waals surface area (Å²) in [5.41, 5.74) is 1.66. The first-order chi connectivity index (χ1) is 14.1. The third kappa shape index (κ3) is 3.88. The number of rotatable bonds is 6. The Labute approximate surface area is 173 Å². The highest BCUT2D eigenvalue weighted by Gasteiger charge is 2.29. The van der Waals surface area contributed by atoms with Gasteiger partial charge in [0.2, 0.25) is 4.77 Å². The van der Waals surface area contributed by atoms with Gasteiger partial charge in [-0.05, 0) is 59.8 Å². The maximum absolute atomic E-state index is 13.6. The van der Waals surface area contributed by atoms with Crippen LogP contribution in [0, 0.1) is 10.6 Å². The van der Waals surface area contributed by atoms with E-state index in [9.17, 15) is 4.39 Å². The molecule has 0 unspecified atom stereocenters. The predicted octanol–water partition coefficient (Wildman–Crippen LogP) is 3.75. The summed E-state index contributed by atoms with van der Waals surface area (Å²) >= 11 is 5.53. The highest BCUT2D eigenvalue weighted by molar-refractivity contribution is 7.71. The molecule has 2 aromatic carbocycles. The fourth-order valence-electron chi connectivity index (χ4n) is 3.75. The van der Waals surface area contributed by atoms with E-state index in [0.29, 0.717) is 17.1 Å². The van der Waals surface area contributed by atoms with Gasteiger partial charge in [-0.3, -0.25) is 4.90 Å². The minimum Gasteiger partial charge on any atom is -0.497 e. The van der Waals surface area contributed by atoms with Crippen molar-refractivity contribution in [1.82, 2.24) is 24.7 Å². The minimum atomic E-state index is -0.342. The van der Waals surface area contributed by atoms with E-state index in [1.54, 1.807) is 31.0 Å². The van der Waals surface area contributed by atoms with Gasteiger partial charge in [-0.1, -0.05) is 12.1 Å². The van der Waals surface area contributed by atoms with E-state index in [2.05, 4.69) is 15.3 Å². The van der Waals surface area contributed by atoms with Gasteiger partial charge in [0.25, 0.3) is 0 Å². The van der Waals surface area contributed by atoms with Gasteiger partial charge < -0.3 is 9.47 Å². The lowest BCUT2D eigenvalue weighted by Gasteiger charge is -2.25. The highest BCUT2D eigenvalue weighted by Crippen LogP contribution is 2.38. The van der Waals surface area contributed by atoms with Crippen molar-refractivity contribution in [2.75, 3.05) is 20.8 Å². The maximum Gasteiger partial charge on any atom is 0.221 e. The Hall–Kier alpha value is -2.78. The standard InChI is InChI=1S/C20H22FN5O2S/c1-27-16-8-9-17(19(12-16)28-2)18-7-4-10-24(18)13-25-20(29)26(23-22-25)15-6-3-5-14(21)11-15/h3,5-6,8-9,11-12,18H,4,7,10,13H2,1-2H3/t18-/m1/s1. The van der Waals surface area contributed by atoms with Crippen molar-refractivity contribution in [3.8, 4) is 17.2 Å². The van der Waals surface area contributed by atoms with E-state index >= 15 is 0 Å². The largest absolute Gasteiger partial charge is 0.497 e. The first kappa shape index (κ1) is 19.5. The van der Waals surface area contributed by atoms with Crippen LogP contribution in [-0.2, 0) is 6.67 Å². The molecule has 3 aromatic rings. The highest BCUT2D eigenvalue weighted by atomic mass is 32.1. The number of nitrogens with zero attached hydrogens (tertiary/aromatic N) is 5. The molecule has 9 heteroatoms. The van der Waals surface area contributed by atoms with E-state index in [1.165, 1.54) is 16.8 Å². The van der Waals surface area contributed by atoms with Crippen LogP contribution in [0.2, 0.25) is 0 Å². The van der Waals surface area contributed by atoms with Gasteiger partial charge in [-0.2, -0.15) is 4.68 Å². The molecule has 1 aliphatic heterocycles. The third-order valence-electron chi connectivity index (χ3n) is 5.17. The summed E-state index contributed by atoms with van der Waals surface area (Å²) < 4.78 is 28.0. The van der Waals surface area contributed by atoms with Crippen molar-refractivity contribution in [2.24, 2.45) is 0 Å². The van der Waals surface area contributed by atoms with Crippen molar-refractivity contribution in [3.05, 3.63) is 58.6 Å². The van der Waals surface area contributed by atoms with Crippen LogP contribution in [0.25, 0.3) is 5.69 Å². The van der Waals surface area contributed by atoms with Crippen LogP contribution in [0.3, 0.4) is 0 Å². The lowest BCUT2D eigenvalue weighted by molar-refractivity contribution is 0.185. The summed E-state index contributed by atoms with van der Waals surface area (Å²) in [5.74, 6) is 1.22. The summed E-state index contributed by atoms with van der Waals surface area (Å²) in [6.07, 6.45) is 2.07. The van der Waals surface area contributed by atoms with Crippen molar-refractivity contribution in [2.45, 2.75) is 25.6 Å². The number of halogens is 1. The van der Waals surface area contributed by atoms with E-state index < -0.39 is 0 Å². The topological polar surface area (TPSA) is 57.3 Å². The fraction of sp³-hybridized carbons (Fsp3) is 0.350. The molecule has 1 aliphatic rings. The molecule has 0 aliphatic carbocycles. The number of ether oxygens (including phenoxy) is 2. The molecule has 0 N–H and O–H groups in total. The van der Waals surface area contributed by atoms with Gasteiger partial charge in [-0.15, -0.1) is 0 Å². The summed E-state index contributed by atoms with van der Waals surface area (Å²) in [6, 6.07) is 12.2. The molecule has 1 fully saturated rings. The number of benzene rings is 2. The van der Waals surface area contributed by atoms with Crippen LogP contribution in [0.5, 0.6) is 11.5 Å². The SMILES string of the molecule is COc1ccc([C@H]2CCCN2Cn2nnn(-c3cccc(F)c3)c2=S)c(OC)c1. The first-order valence-electron chi connectivity index (χ1n) is 9.35. The molecule has 0 saturated carbocycles. The maximum atomic E-state index is 13.6. The Balaban J connectivity index is 1.59. The lowest BCUT2D eigenvalue weighted by Crippen LogP contribution is -2.27. The second-order valence-corrected chi connectivity index (χ2v) is 7.24. The van der Waals surface area contributed by atoms with Gasteiger partial charge in [-0.25, -0.2) is 9.07 Å². The van der Waals surface area contributed by atoms with Crippen LogP contribution in [0.4, 0.5) is 4.39 Å². The van der Waals surface area contributed by atoms with Gasteiger partial charge in [0, 0.05) is 24.2 Å². The Morgan fingerprint density at radius 1 is 1.14 bits per heavy atom. The number of aromatic nitrogens is 4. The lowest BCUT2D eigenvalue weighted by atomic mass is 10.0. The first-order valence-corrected chi connectivity index (χ1v) is 9.76. The van der Waals surface area contributed by atoms with Crippen molar-refractivity contribution >= 4 is 12.2 Å². The molecule has 7 nitrogen and oxygen atoms in total. The molecule has 2 heterocycles. The zero-order valence-electron chi connectivity index (χ0n) is 16.3. The Bertz CT molecular complexity index is 1070. The molecule has 152 valence electrons. The summed E-state index contributed by atoms with van der Waals surface area (Å²) in [6.45, 7) is 1.41. The molecule has 0 spiro atoms. The molecule has 1 saturated heterocycles. The van der Waals surface area contributed by atoms with Gasteiger partial charge in [0.05, 0.1) is 26.6 Å². The molecular weight excluding hydrogens is 393 g/mol. The fourth-order valence-corrected chi connectivity index (χ4v) is 3.98. The molecule has 29 heavy (non-hydrogen) atoms.